The first-order chi connectivity index (χ1) is 16.5. The van der Waals surface area contributed by atoms with Crippen molar-refractivity contribution in [3.8, 4) is 11.3 Å². The molecule has 4 aromatic rings. The maximum atomic E-state index is 13.8. The van der Waals surface area contributed by atoms with Crippen molar-refractivity contribution in [1.29, 1.82) is 0 Å². The first kappa shape index (κ1) is 22.4. The van der Waals surface area contributed by atoms with Crippen LogP contribution in [-0.4, -0.2) is 15.9 Å². The summed E-state index contributed by atoms with van der Waals surface area (Å²) in [6.07, 6.45) is 5.38. The SMILES string of the molecule is O=C(Cc1ccc(I)cc1)Nc1nc2c(nc1C=Cc1ccccc1)-c1ccc(F)cc1CC2. The Kier molecular flexibility index (Phi) is 6.49. The minimum absolute atomic E-state index is 0.150. The van der Waals surface area contributed by atoms with Crippen LogP contribution in [-0.2, 0) is 24.1 Å². The average Bonchev–Trinajstić information content (AvgIpc) is 2.84. The van der Waals surface area contributed by atoms with E-state index in [9.17, 15) is 9.18 Å². The van der Waals surface area contributed by atoms with Crippen LogP contribution in [0.4, 0.5) is 10.2 Å². The third-order valence-corrected chi connectivity index (χ3v) is 6.44. The molecular formula is C28H21FIN3O. The minimum Gasteiger partial charge on any atom is -0.309 e. The summed E-state index contributed by atoms with van der Waals surface area (Å²) < 4.78 is 14.9. The van der Waals surface area contributed by atoms with Crippen LogP contribution < -0.4 is 5.32 Å². The predicted octanol–water partition coefficient (Wildman–Crippen LogP) is 6.34. The van der Waals surface area contributed by atoms with Crippen molar-refractivity contribution >= 4 is 46.5 Å². The van der Waals surface area contributed by atoms with Gasteiger partial charge in [-0.05, 0) is 88.5 Å². The number of carbonyl (C=O) groups excluding carboxylic acids is 1. The van der Waals surface area contributed by atoms with E-state index in [1.165, 1.54) is 6.07 Å². The molecule has 34 heavy (non-hydrogen) atoms. The van der Waals surface area contributed by atoms with Gasteiger partial charge in [-0.3, -0.25) is 4.79 Å². The van der Waals surface area contributed by atoms with E-state index in [2.05, 4.69) is 27.9 Å². The summed E-state index contributed by atoms with van der Waals surface area (Å²) in [7, 11) is 0. The van der Waals surface area contributed by atoms with Crippen LogP contribution in [0, 0.1) is 9.39 Å². The number of nitrogens with zero attached hydrogens (tertiary/aromatic N) is 2. The van der Waals surface area contributed by atoms with E-state index in [1.807, 2.05) is 66.7 Å². The normalized spacial score (nSPS) is 12.3. The first-order valence-electron chi connectivity index (χ1n) is 11.0. The summed E-state index contributed by atoms with van der Waals surface area (Å²) in [6, 6.07) is 22.5. The van der Waals surface area contributed by atoms with Gasteiger partial charge in [0.05, 0.1) is 17.8 Å². The zero-order valence-electron chi connectivity index (χ0n) is 18.3. The van der Waals surface area contributed by atoms with Gasteiger partial charge >= 0.3 is 0 Å². The van der Waals surface area contributed by atoms with Gasteiger partial charge in [-0.2, -0.15) is 0 Å². The van der Waals surface area contributed by atoms with E-state index in [0.717, 1.165) is 37.2 Å². The van der Waals surface area contributed by atoms with Crippen LogP contribution in [0.3, 0.4) is 0 Å². The quantitative estimate of drug-likeness (QED) is 0.290. The molecule has 1 aromatic heterocycles. The van der Waals surface area contributed by atoms with Gasteiger partial charge in [0.15, 0.2) is 5.82 Å². The number of aromatic nitrogens is 2. The Morgan fingerprint density at radius 1 is 0.971 bits per heavy atom. The van der Waals surface area contributed by atoms with Crippen molar-refractivity contribution < 1.29 is 9.18 Å². The lowest BCUT2D eigenvalue weighted by Gasteiger charge is -2.20. The van der Waals surface area contributed by atoms with Crippen molar-refractivity contribution in [3.63, 3.8) is 0 Å². The Hall–Kier alpha value is -3.39. The Balaban J connectivity index is 1.50. The lowest BCUT2D eigenvalue weighted by molar-refractivity contribution is -0.115. The second-order valence-corrected chi connectivity index (χ2v) is 9.40. The zero-order valence-corrected chi connectivity index (χ0v) is 20.4. The largest absolute Gasteiger partial charge is 0.309 e. The molecule has 1 aliphatic carbocycles. The molecular weight excluding hydrogens is 540 g/mol. The number of benzene rings is 3. The maximum Gasteiger partial charge on any atom is 0.230 e. The number of amides is 1. The van der Waals surface area contributed by atoms with Gasteiger partial charge in [0.2, 0.25) is 5.91 Å². The Morgan fingerprint density at radius 3 is 2.56 bits per heavy atom. The highest BCUT2D eigenvalue weighted by atomic mass is 127. The van der Waals surface area contributed by atoms with Crippen molar-refractivity contribution in [3.05, 3.63) is 110 Å². The lowest BCUT2D eigenvalue weighted by atomic mass is 9.91. The fourth-order valence-corrected chi connectivity index (χ4v) is 4.40. The van der Waals surface area contributed by atoms with E-state index in [4.69, 9.17) is 9.97 Å². The highest BCUT2D eigenvalue weighted by Crippen LogP contribution is 2.33. The summed E-state index contributed by atoms with van der Waals surface area (Å²) in [5.41, 5.74) is 5.87. The molecule has 0 atom stereocenters. The van der Waals surface area contributed by atoms with Crippen molar-refractivity contribution in [1.82, 2.24) is 9.97 Å². The highest BCUT2D eigenvalue weighted by Gasteiger charge is 2.22. The molecule has 0 saturated heterocycles. The number of anilines is 1. The summed E-state index contributed by atoms with van der Waals surface area (Å²) in [5, 5.41) is 2.97. The van der Waals surface area contributed by atoms with Gasteiger partial charge in [-0.1, -0.05) is 48.5 Å². The molecule has 0 radical (unpaired) electrons. The molecule has 6 heteroatoms. The van der Waals surface area contributed by atoms with Crippen LogP contribution in [0.15, 0.2) is 72.8 Å². The third-order valence-electron chi connectivity index (χ3n) is 5.72. The number of carbonyl (C=O) groups is 1. The van der Waals surface area contributed by atoms with E-state index in [-0.39, 0.29) is 18.1 Å². The Morgan fingerprint density at radius 2 is 1.76 bits per heavy atom. The van der Waals surface area contributed by atoms with Gasteiger partial charge in [-0.15, -0.1) is 0 Å². The molecule has 1 amide bonds. The average molecular weight is 561 g/mol. The standard InChI is InChI=1S/C28H21FIN3O/c29-21-10-13-23-20(17-21)9-15-24-27(23)31-25(14-8-18-4-2-1-3-5-18)28(32-24)33-26(34)16-19-6-11-22(30)12-7-19/h1-8,10-14,17H,9,15-16H2,(H,32,33,34). The van der Waals surface area contributed by atoms with Gasteiger partial charge in [-0.25, -0.2) is 14.4 Å². The van der Waals surface area contributed by atoms with Gasteiger partial charge in [0, 0.05) is 9.13 Å². The van der Waals surface area contributed by atoms with Crippen LogP contribution >= 0.6 is 22.6 Å². The van der Waals surface area contributed by atoms with Gasteiger partial charge < -0.3 is 5.32 Å². The summed E-state index contributed by atoms with van der Waals surface area (Å²) >= 11 is 2.24. The molecule has 0 saturated carbocycles. The van der Waals surface area contributed by atoms with Crippen molar-refractivity contribution in [2.45, 2.75) is 19.3 Å². The fourth-order valence-electron chi connectivity index (χ4n) is 4.04. The maximum absolute atomic E-state index is 13.8. The zero-order chi connectivity index (χ0) is 23.5. The number of fused-ring (bicyclic) bond motifs is 3. The number of aryl methyl sites for hydroxylation is 2. The monoisotopic (exact) mass is 561 g/mol. The van der Waals surface area contributed by atoms with E-state index < -0.39 is 0 Å². The minimum atomic E-state index is -0.251. The van der Waals surface area contributed by atoms with E-state index in [0.29, 0.717) is 24.4 Å². The lowest BCUT2D eigenvalue weighted by Crippen LogP contribution is -2.19. The summed E-state index contributed by atoms with van der Waals surface area (Å²) in [4.78, 5) is 22.5. The molecule has 4 nitrogen and oxygen atoms in total. The molecule has 168 valence electrons. The summed E-state index contributed by atoms with van der Waals surface area (Å²) in [6.45, 7) is 0. The van der Waals surface area contributed by atoms with Crippen molar-refractivity contribution in [2.24, 2.45) is 0 Å². The first-order valence-corrected chi connectivity index (χ1v) is 12.1. The molecule has 0 bridgehead atoms. The smallest absolute Gasteiger partial charge is 0.230 e. The van der Waals surface area contributed by atoms with Crippen LogP contribution in [0.5, 0.6) is 0 Å². The number of nitrogens with one attached hydrogen (secondary N) is 1. The second kappa shape index (κ2) is 9.85. The van der Waals surface area contributed by atoms with E-state index >= 15 is 0 Å². The molecule has 1 heterocycles. The van der Waals surface area contributed by atoms with E-state index in [1.54, 1.807) is 12.1 Å². The summed E-state index contributed by atoms with van der Waals surface area (Å²) in [5.74, 6) is 0.0361. The number of hydrogen-bond donors (Lipinski definition) is 1. The number of halogens is 2. The molecule has 0 aliphatic heterocycles. The topological polar surface area (TPSA) is 54.9 Å². The predicted molar refractivity (Wildman–Crippen MR) is 142 cm³/mol. The molecule has 3 aromatic carbocycles. The molecule has 0 fully saturated rings. The van der Waals surface area contributed by atoms with Gasteiger partial charge in [0.1, 0.15) is 11.5 Å². The number of rotatable bonds is 5. The van der Waals surface area contributed by atoms with Crippen LogP contribution in [0.25, 0.3) is 23.4 Å². The molecule has 1 N–H and O–H groups in total. The Labute approximate surface area is 211 Å². The molecule has 0 unspecified atom stereocenters. The molecule has 1 aliphatic rings. The van der Waals surface area contributed by atoms with Gasteiger partial charge in [0.25, 0.3) is 0 Å². The van der Waals surface area contributed by atoms with Crippen LogP contribution in [0.2, 0.25) is 0 Å². The second-order valence-electron chi connectivity index (χ2n) is 8.15. The highest BCUT2D eigenvalue weighted by molar-refractivity contribution is 14.1. The Bertz CT molecular complexity index is 1390. The molecule has 5 rings (SSSR count). The van der Waals surface area contributed by atoms with Crippen molar-refractivity contribution in [2.75, 3.05) is 5.32 Å². The number of hydrogen-bond acceptors (Lipinski definition) is 3. The molecule has 0 spiro atoms. The fraction of sp³-hybridized carbons (Fsp3) is 0.107. The third kappa shape index (κ3) is 5.07. The van der Waals surface area contributed by atoms with Crippen LogP contribution in [0.1, 0.15) is 28.1 Å².